The first kappa shape index (κ1) is 16.8. The van der Waals surface area contributed by atoms with Gasteiger partial charge in [0, 0.05) is 32.8 Å². The summed E-state index contributed by atoms with van der Waals surface area (Å²) in [6.45, 7) is 8.34. The van der Waals surface area contributed by atoms with Crippen LogP contribution < -0.4 is 0 Å². The van der Waals surface area contributed by atoms with Crippen LogP contribution in [0.4, 0.5) is 0 Å². The van der Waals surface area contributed by atoms with Gasteiger partial charge in [0.25, 0.3) is 5.91 Å². The molecule has 1 amide bonds. The first-order valence-electron chi connectivity index (χ1n) is 8.49. The molecule has 0 aromatic carbocycles. The molecule has 0 N–H and O–H groups in total. The van der Waals surface area contributed by atoms with Gasteiger partial charge < -0.3 is 18.7 Å². The molecule has 0 unspecified atom stereocenters. The fraction of sp³-hybridized carbons (Fsp3) is 0.556. The van der Waals surface area contributed by atoms with Gasteiger partial charge in [-0.1, -0.05) is 18.5 Å². The molecule has 130 valence electrons. The number of unbranched alkanes of at least 4 members (excludes halogenated alkanes) is 1. The lowest BCUT2D eigenvalue weighted by Crippen LogP contribution is -2.40. The fourth-order valence-corrected chi connectivity index (χ4v) is 2.95. The number of fused-ring (bicyclic) bond motifs is 1. The van der Waals surface area contributed by atoms with Gasteiger partial charge in [-0.25, -0.2) is 0 Å². The van der Waals surface area contributed by atoms with E-state index in [0.29, 0.717) is 5.76 Å². The van der Waals surface area contributed by atoms with Gasteiger partial charge in [-0.05, 0) is 32.4 Å². The molecule has 0 radical (unpaired) electrons. The lowest BCUT2D eigenvalue weighted by atomic mass is 10.1. The minimum absolute atomic E-state index is 0.0990. The predicted octanol–water partition coefficient (Wildman–Crippen LogP) is 3.28. The van der Waals surface area contributed by atoms with E-state index >= 15 is 0 Å². The van der Waals surface area contributed by atoms with Crippen molar-refractivity contribution < 1.29 is 14.1 Å². The average Bonchev–Trinajstić information content (AvgIpc) is 3.21. The van der Waals surface area contributed by atoms with Gasteiger partial charge in [-0.2, -0.15) is 0 Å². The van der Waals surface area contributed by atoms with Gasteiger partial charge in [-0.15, -0.1) is 0 Å². The normalized spacial score (nSPS) is 15.0. The van der Waals surface area contributed by atoms with E-state index in [1.54, 1.807) is 7.11 Å². The zero-order valence-electron chi connectivity index (χ0n) is 14.8. The zero-order valence-corrected chi connectivity index (χ0v) is 14.8. The van der Waals surface area contributed by atoms with Crippen molar-refractivity contribution in [3.63, 3.8) is 0 Å². The molecule has 1 aliphatic rings. The summed E-state index contributed by atoms with van der Waals surface area (Å²) in [5.74, 6) is 0.768. The van der Waals surface area contributed by atoms with E-state index in [1.807, 2.05) is 41.5 Å². The van der Waals surface area contributed by atoms with E-state index in [9.17, 15) is 4.79 Å². The van der Waals surface area contributed by atoms with Crippen LogP contribution in [-0.4, -0.2) is 40.7 Å². The van der Waals surface area contributed by atoms with Crippen LogP contribution in [0, 0.1) is 0 Å². The molecular weight excluding hydrogens is 306 g/mol. The van der Waals surface area contributed by atoms with Gasteiger partial charge in [0.05, 0.1) is 5.69 Å². The van der Waals surface area contributed by atoms with Crippen LogP contribution in [0.3, 0.4) is 0 Å². The predicted molar refractivity (Wildman–Crippen MR) is 90.8 cm³/mol. The molecule has 2 aromatic heterocycles. The summed E-state index contributed by atoms with van der Waals surface area (Å²) in [6, 6.07) is 5.71. The monoisotopic (exact) mass is 331 g/mol. The van der Waals surface area contributed by atoms with Crippen molar-refractivity contribution in [1.82, 2.24) is 14.6 Å². The van der Waals surface area contributed by atoms with Crippen LogP contribution in [0.5, 0.6) is 0 Å². The van der Waals surface area contributed by atoms with E-state index in [1.165, 1.54) is 0 Å². The van der Waals surface area contributed by atoms with E-state index in [0.717, 1.165) is 49.6 Å². The molecule has 24 heavy (non-hydrogen) atoms. The molecule has 6 nitrogen and oxygen atoms in total. The standard InChI is InChI=1S/C18H25N3O3/c1-5-6-9-20-10-11-21-14(7-8-15(21)17(20)22)13-12-16(24-19-13)18(2,3)23-4/h7-8,12H,5-6,9-11H2,1-4H3. The summed E-state index contributed by atoms with van der Waals surface area (Å²) >= 11 is 0. The van der Waals surface area contributed by atoms with Crippen LogP contribution in [0.2, 0.25) is 0 Å². The third kappa shape index (κ3) is 2.86. The van der Waals surface area contributed by atoms with Gasteiger partial charge in [0.2, 0.25) is 0 Å². The topological polar surface area (TPSA) is 60.5 Å². The Morgan fingerprint density at radius 2 is 2.04 bits per heavy atom. The highest BCUT2D eigenvalue weighted by molar-refractivity contribution is 5.94. The number of carbonyl (C=O) groups excluding carboxylic acids is 1. The van der Waals surface area contributed by atoms with Gasteiger partial charge >= 0.3 is 0 Å². The maximum absolute atomic E-state index is 12.6. The highest BCUT2D eigenvalue weighted by atomic mass is 16.5. The van der Waals surface area contributed by atoms with Crippen molar-refractivity contribution in [3.05, 3.63) is 29.7 Å². The molecule has 0 atom stereocenters. The molecule has 3 rings (SSSR count). The third-order valence-corrected chi connectivity index (χ3v) is 4.74. The van der Waals surface area contributed by atoms with Gasteiger partial charge in [0.1, 0.15) is 17.0 Å². The minimum Gasteiger partial charge on any atom is -0.371 e. The van der Waals surface area contributed by atoms with Crippen LogP contribution in [-0.2, 0) is 16.9 Å². The third-order valence-electron chi connectivity index (χ3n) is 4.74. The van der Waals surface area contributed by atoms with E-state index in [4.69, 9.17) is 9.26 Å². The van der Waals surface area contributed by atoms with Crippen LogP contribution >= 0.6 is 0 Å². The molecule has 0 saturated carbocycles. The highest BCUT2D eigenvalue weighted by Gasteiger charge is 2.29. The number of carbonyl (C=O) groups is 1. The molecule has 0 saturated heterocycles. The first-order valence-corrected chi connectivity index (χ1v) is 8.49. The van der Waals surface area contributed by atoms with Crippen molar-refractivity contribution >= 4 is 5.91 Å². The minimum atomic E-state index is -0.532. The Morgan fingerprint density at radius 3 is 2.75 bits per heavy atom. The number of methoxy groups -OCH3 is 1. The summed E-state index contributed by atoms with van der Waals surface area (Å²) in [5, 5.41) is 4.17. The Balaban J connectivity index is 1.87. The molecule has 0 aliphatic carbocycles. The number of hydrogen-bond acceptors (Lipinski definition) is 4. The summed E-state index contributed by atoms with van der Waals surface area (Å²) in [4.78, 5) is 14.6. The summed E-state index contributed by atoms with van der Waals surface area (Å²) < 4.78 is 12.9. The Kier molecular flexibility index (Phi) is 4.49. The molecule has 1 aliphatic heterocycles. The lowest BCUT2D eigenvalue weighted by molar-refractivity contribution is -0.00345. The summed E-state index contributed by atoms with van der Waals surface area (Å²) in [5.41, 5.74) is 1.84. The molecule has 3 heterocycles. The van der Waals surface area contributed by atoms with Gasteiger partial charge in [-0.3, -0.25) is 4.79 Å². The van der Waals surface area contributed by atoms with Crippen molar-refractivity contribution in [2.24, 2.45) is 0 Å². The summed E-state index contributed by atoms with van der Waals surface area (Å²) in [6.07, 6.45) is 2.13. The molecule has 0 fully saturated rings. The lowest BCUT2D eigenvalue weighted by Gasteiger charge is -2.29. The average molecular weight is 331 g/mol. The largest absolute Gasteiger partial charge is 0.371 e. The van der Waals surface area contributed by atoms with Crippen LogP contribution in [0.1, 0.15) is 49.9 Å². The second-order valence-electron chi connectivity index (χ2n) is 6.69. The number of amides is 1. The Bertz CT molecular complexity index is 730. The molecular formula is C18H25N3O3. The molecule has 2 aromatic rings. The number of hydrogen-bond donors (Lipinski definition) is 0. The van der Waals surface area contributed by atoms with Crippen LogP contribution in [0.25, 0.3) is 11.4 Å². The first-order chi connectivity index (χ1) is 11.5. The Labute approximate surface area is 142 Å². The highest BCUT2D eigenvalue weighted by Crippen LogP contribution is 2.30. The summed E-state index contributed by atoms with van der Waals surface area (Å²) in [7, 11) is 1.64. The number of aromatic nitrogens is 2. The van der Waals surface area contributed by atoms with Gasteiger partial charge in [0.15, 0.2) is 5.76 Å². The quantitative estimate of drug-likeness (QED) is 0.815. The number of nitrogens with zero attached hydrogens (tertiary/aromatic N) is 3. The van der Waals surface area contributed by atoms with E-state index < -0.39 is 5.60 Å². The zero-order chi connectivity index (χ0) is 17.3. The molecule has 0 bridgehead atoms. The SMILES string of the molecule is CCCCN1CCn2c(ccc2-c2cc(C(C)(C)OC)on2)C1=O. The van der Waals surface area contributed by atoms with Crippen molar-refractivity contribution in [1.29, 1.82) is 0 Å². The Hall–Kier alpha value is -2.08. The number of rotatable bonds is 6. The molecule has 0 spiro atoms. The van der Waals surface area contributed by atoms with Crippen LogP contribution in [0.15, 0.2) is 22.7 Å². The number of ether oxygens (including phenoxy) is 1. The second-order valence-corrected chi connectivity index (χ2v) is 6.69. The van der Waals surface area contributed by atoms with E-state index in [-0.39, 0.29) is 5.91 Å². The van der Waals surface area contributed by atoms with Crippen molar-refractivity contribution in [2.45, 2.75) is 45.8 Å². The van der Waals surface area contributed by atoms with E-state index in [2.05, 4.69) is 12.1 Å². The second kappa shape index (κ2) is 6.43. The fourth-order valence-electron chi connectivity index (χ4n) is 2.95. The van der Waals surface area contributed by atoms with Crippen molar-refractivity contribution in [3.8, 4) is 11.4 Å². The smallest absolute Gasteiger partial charge is 0.270 e. The van der Waals surface area contributed by atoms with Crippen molar-refractivity contribution in [2.75, 3.05) is 20.2 Å². The maximum Gasteiger partial charge on any atom is 0.270 e. The molecule has 6 heteroatoms. The Morgan fingerprint density at radius 1 is 1.29 bits per heavy atom. The maximum atomic E-state index is 12.6.